The van der Waals surface area contributed by atoms with Gasteiger partial charge in [-0.2, -0.15) is 26.3 Å². The number of alkyl carbamates (subject to hydrolysis) is 1. The summed E-state index contributed by atoms with van der Waals surface area (Å²) in [6.45, 7) is 3.31. The monoisotopic (exact) mass is 585 g/mol. The summed E-state index contributed by atoms with van der Waals surface area (Å²) in [6, 6.07) is 5.72. The third-order valence-corrected chi connectivity index (χ3v) is 9.59. The van der Waals surface area contributed by atoms with E-state index in [1.165, 1.54) is 0 Å². The number of aliphatic hydroxyl groups is 1. The number of halogens is 7. The molecular formula is C25H26F7NO5S. The summed E-state index contributed by atoms with van der Waals surface area (Å²) in [5.74, 6) is -1.26. The maximum absolute atomic E-state index is 14.0. The van der Waals surface area contributed by atoms with E-state index in [0.29, 0.717) is 12.1 Å². The van der Waals surface area contributed by atoms with Crippen molar-refractivity contribution >= 4 is 15.9 Å². The van der Waals surface area contributed by atoms with E-state index in [1.807, 2.05) is 0 Å². The molecule has 0 spiro atoms. The van der Waals surface area contributed by atoms with Gasteiger partial charge < -0.3 is 15.2 Å². The molecule has 1 unspecified atom stereocenters. The number of hydrogen-bond donors (Lipinski definition) is 2. The molecule has 3 atom stereocenters. The molecule has 0 saturated heterocycles. The standard InChI is InChI=1S/C25H26F7NO5S/c1-3-38-21(34)33-20-12-13-22(14-15(20)2,39(36,37)19-10-8-18(26)9-11-19)16-4-6-17(7-5-16)23(35,24(27,28)29)25(30,31)32/h4-11,15,20,35H,3,12-14H2,1-2H3,(H,33,34)/t15-,20?,22-/m1/s1. The quantitative estimate of drug-likeness (QED) is 0.333. The van der Waals surface area contributed by atoms with Gasteiger partial charge in [0.2, 0.25) is 0 Å². The van der Waals surface area contributed by atoms with Gasteiger partial charge in [0.1, 0.15) is 10.6 Å². The second kappa shape index (κ2) is 10.6. The summed E-state index contributed by atoms with van der Waals surface area (Å²) in [7, 11) is -4.41. The van der Waals surface area contributed by atoms with E-state index in [2.05, 4.69) is 5.32 Å². The number of carbonyl (C=O) groups is 1. The molecule has 1 aliphatic rings. The van der Waals surface area contributed by atoms with E-state index in [9.17, 15) is 49.1 Å². The lowest BCUT2D eigenvalue weighted by atomic mass is 9.74. The van der Waals surface area contributed by atoms with Crippen LogP contribution in [0, 0.1) is 11.7 Å². The number of alkyl halides is 6. The van der Waals surface area contributed by atoms with Crippen molar-refractivity contribution in [3.05, 3.63) is 65.5 Å². The van der Waals surface area contributed by atoms with E-state index in [1.54, 1.807) is 13.8 Å². The van der Waals surface area contributed by atoms with Crippen LogP contribution in [-0.2, 0) is 24.9 Å². The molecule has 6 nitrogen and oxygen atoms in total. The molecule has 0 bridgehead atoms. The fourth-order valence-corrected chi connectivity index (χ4v) is 7.24. The van der Waals surface area contributed by atoms with Crippen molar-refractivity contribution in [3.8, 4) is 0 Å². The Kier molecular flexibility index (Phi) is 8.34. The Morgan fingerprint density at radius 1 is 1.03 bits per heavy atom. The Hall–Kier alpha value is -2.87. The zero-order valence-electron chi connectivity index (χ0n) is 20.7. The Labute approximate surface area is 220 Å². The van der Waals surface area contributed by atoms with Gasteiger partial charge in [0.25, 0.3) is 5.60 Å². The molecule has 216 valence electrons. The molecule has 1 fully saturated rings. The maximum atomic E-state index is 14.0. The topological polar surface area (TPSA) is 92.7 Å². The minimum absolute atomic E-state index is 0.0667. The first-order chi connectivity index (χ1) is 17.9. The minimum Gasteiger partial charge on any atom is -0.450 e. The number of ether oxygens (including phenoxy) is 1. The molecule has 0 aliphatic heterocycles. The molecule has 0 aromatic heterocycles. The molecule has 2 aromatic rings. The number of nitrogens with one attached hydrogen (secondary N) is 1. The first-order valence-electron chi connectivity index (χ1n) is 11.8. The first-order valence-corrected chi connectivity index (χ1v) is 13.3. The van der Waals surface area contributed by atoms with E-state index < -0.39 is 62.0 Å². The second-order valence-corrected chi connectivity index (χ2v) is 11.7. The van der Waals surface area contributed by atoms with Crippen molar-refractivity contribution in [1.82, 2.24) is 5.32 Å². The Balaban J connectivity index is 2.13. The van der Waals surface area contributed by atoms with Crippen molar-refractivity contribution in [1.29, 1.82) is 0 Å². The van der Waals surface area contributed by atoms with Crippen LogP contribution in [0.3, 0.4) is 0 Å². The SMILES string of the molecule is CCOC(=O)NC1CC[C@@](c2ccc(C(O)(C(F)(F)F)C(F)(F)F)cc2)(S(=O)(=O)c2ccc(F)cc2)C[C@H]1C. The Morgan fingerprint density at radius 3 is 2.03 bits per heavy atom. The van der Waals surface area contributed by atoms with E-state index in [-0.39, 0.29) is 36.3 Å². The van der Waals surface area contributed by atoms with Gasteiger partial charge in [-0.15, -0.1) is 0 Å². The van der Waals surface area contributed by atoms with Crippen molar-refractivity contribution in [2.45, 2.75) is 66.7 Å². The summed E-state index contributed by atoms with van der Waals surface area (Å²) in [6.07, 6.45) is -13.3. The summed E-state index contributed by atoms with van der Waals surface area (Å²) < 4.78 is 125. The summed E-state index contributed by atoms with van der Waals surface area (Å²) in [5, 5.41) is 12.4. The van der Waals surface area contributed by atoms with Gasteiger partial charge in [-0.3, -0.25) is 0 Å². The highest BCUT2D eigenvalue weighted by Crippen LogP contribution is 2.52. The van der Waals surface area contributed by atoms with Gasteiger partial charge in [0.15, 0.2) is 9.84 Å². The summed E-state index contributed by atoms with van der Waals surface area (Å²) >= 11 is 0. The average Bonchev–Trinajstić information content (AvgIpc) is 2.84. The molecule has 1 saturated carbocycles. The first kappa shape index (κ1) is 30.7. The largest absolute Gasteiger partial charge is 0.450 e. The molecule has 3 rings (SSSR count). The van der Waals surface area contributed by atoms with Crippen LogP contribution in [0.1, 0.15) is 44.2 Å². The van der Waals surface area contributed by atoms with Crippen LogP contribution in [-0.4, -0.2) is 44.6 Å². The highest BCUT2D eigenvalue weighted by atomic mass is 32.2. The fraction of sp³-hybridized carbons (Fsp3) is 0.480. The van der Waals surface area contributed by atoms with Gasteiger partial charge in [-0.25, -0.2) is 17.6 Å². The maximum Gasteiger partial charge on any atom is 0.430 e. The van der Waals surface area contributed by atoms with Crippen molar-refractivity contribution in [2.75, 3.05) is 6.61 Å². The molecule has 1 amide bonds. The van der Waals surface area contributed by atoms with Gasteiger partial charge >= 0.3 is 18.4 Å². The molecule has 0 radical (unpaired) electrons. The van der Waals surface area contributed by atoms with Crippen LogP contribution < -0.4 is 5.32 Å². The van der Waals surface area contributed by atoms with E-state index in [4.69, 9.17) is 4.74 Å². The van der Waals surface area contributed by atoms with Crippen LogP contribution in [0.4, 0.5) is 35.5 Å². The number of hydrogen-bond acceptors (Lipinski definition) is 5. The highest BCUT2D eigenvalue weighted by Gasteiger charge is 2.71. The zero-order chi connectivity index (χ0) is 29.4. The number of carbonyl (C=O) groups excluding carboxylic acids is 1. The summed E-state index contributed by atoms with van der Waals surface area (Å²) in [4.78, 5) is 11.6. The smallest absolute Gasteiger partial charge is 0.430 e. The highest BCUT2D eigenvalue weighted by molar-refractivity contribution is 7.92. The van der Waals surface area contributed by atoms with Crippen LogP contribution >= 0.6 is 0 Å². The van der Waals surface area contributed by atoms with Crippen LogP contribution in [0.25, 0.3) is 0 Å². The molecule has 39 heavy (non-hydrogen) atoms. The summed E-state index contributed by atoms with van der Waals surface area (Å²) in [5.41, 5.74) is -6.84. The minimum atomic E-state index is -6.12. The lowest BCUT2D eigenvalue weighted by molar-refractivity contribution is -0.376. The van der Waals surface area contributed by atoms with E-state index >= 15 is 0 Å². The Bertz CT molecular complexity index is 1260. The number of rotatable bonds is 6. The molecule has 1 aliphatic carbocycles. The van der Waals surface area contributed by atoms with Crippen LogP contribution in [0.15, 0.2) is 53.4 Å². The normalized spacial score (nSPS) is 22.8. The van der Waals surface area contributed by atoms with Crippen LogP contribution in [0.5, 0.6) is 0 Å². The lowest BCUT2D eigenvalue weighted by Crippen LogP contribution is -2.54. The average molecular weight is 586 g/mol. The van der Waals surface area contributed by atoms with Crippen molar-refractivity contribution < 1.29 is 53.8 Å². The van der Waals surface area contributed by atoms with Crippen LogP contribution in [0.2, 0.25) is 0 Å². The molecule has 14 heteroatoms. The lowest BCUT2D eigenvalue weighted by Gasteiger charge is -2.43. The third-order valence-electron chi connectivity index (χ3n) is 7.06. The molecule has 0 heterocycles. The third kappa shape index (κ3) is 5.45. The number of amides is 1. The predicted molar refractivity (Wildman–Crippen MR) is 125 cm³/mol. The van der Waals surface area contributed by atoms with Gasteiger partial charge in [-0.1, -0.05) is 31.2 Å². The van der Waals surface area contributed by atoms with E-state index in [0.717, 1.165) is 36.4 Å². The van der Waals surface area contributed by atoms with Gasteiger partial charge in [0.05, 0.1) is 11.5 Å². The van der Waals surface area contributed by atoms with Gasteiger partial charge in [0, 0.05) is 11.6 Å². The molecular weight excluding hydrogens is 559 g/mol. The van der Waals surface area contributed by atoms with Gasteiger partial charge in [-0.05, 0) is 61.9 Å². The second-order valence-electron chi connectivity index (χ2n) is 9.43. The number of benzene rings is 2. The predicted octanol–water partition coefficient (Wildman–Crippen LogP) is 5.74. The van der Waals surface area contributed by atoms with Crippen molar-refractivity contribution in [2.24, 2.45) is 5.92 Å². The molecule has 2 N–H and O–H groups in total. The fourth-order valence-electron chi connectivity index (χ4n) is 4.98. The molecule has 2 aromatic carbocycles. The number of sulfone groups is 1. The zero-order valence-corrected chi connectivity index (χ0v) is 21.6. The Morgan fingerprint density at radius 2 is 1.56 bits per heavy atom. The van der Waals surface area contributed by atoms with Crippen molar-refractivity contribution in [3.63, 3.8) is 0 Å².